The average Bonchev–Trinajstić information content (AvgIpc) is 2.09. The van der Waals surface area contributed by atoms with Gasteiger partial charge in [0, 0.05) is 11.6 Å². The van der Waals surface area contributed by atoms with E-state index in [0.717, 1.165) is 6.08 Å². The zero-order chi connectivity index (χ0) is 8.43. The molecule has 0 aromatic rings. The summed E-state index contributed by atoms with van der Waals surface area (Å²) in [6.07, 6.45) is 0.603. The summed E-state index contributed by atoms with van der Waals surface area (Å²) in [6, 6.07) is 0. The number of carbonyl (C=O) groups excluding carboxylic acids is 2. The lowest BCUT2D eigenvalue weighted by Gasteiger charge is -1.85. The minimum absolute atomic E-state index is 0.00231. The van der Waals surface area contributed by atoms with Crippen molar-refractivity contribution in [2.45, 2.75) is 6.42 Å². The zero-order valence-electron chi connectivity index (χ0n) is 5.46. The van der Waals surface area contributed by atoms with E-state index in [4.69, 9.17) is 5.11 Å². The standard InChI is InChI=1S/C6H5NO4/c8-4-1-3(2-5(9)10)6(11)7-4/h2H,1H2,(H,9,10)(H,7,8,11)/b3-2+. The molecule has 2 amide bonds. The van der Waals surface area contributed by atoms with E-state index in [1.165, 1.54) is 0 Å². The molecular formula is C6H5NO4. The molecule has 0 atom stereocenters. The predicted molar refractivity (Wildman–Crippen MR) is 33.5 cm³/mol. The SMILES string of the molecule is O=C(O)/C=C1\CC(=O)NC1=O. The van der Waals surface area contributed by atoms with Crippen LogP contribution in [-0.2, 0) is 14.4 Å². The Kier molecular flexibility index (Phi) is 1.72. The molecule has 0 aliphatic carbocycles. The number of carboxylic acid groups (broad SMARTS) is 1. The van der Waals surface area contributed by atoms with Crippen LogP contribution in [0.25, 0.3) is 0 Å². The summed E-state index contributed by atoms with van der Waals surface area (Å²) < 4.78 is 0. The van der Waals surface area contributed by atoms with E-state index >= 15 is 0 Å². The van der Waals surface area contributed by atoms with E-state index in [1.54, 1.807) is 0 Å². The van der Waals surface area contributed by atoms with Gasteiger partial charge in [-0.3, -0.25) is 14.9 Å². The van der Waals surface area contributed by atoms with Crippen molar-refractivity contribution < 1.29 is 19.5 Å². The number of carbonyl (C=O) groups is 3. The van der Waals surface area contributed by atoms with Crippen LogP contribution in [-0.4, -0.2) is 22.9 Å². The predicted octanol–water partition coefficient (Wildman–Crippen LogP) is -0.956. The summed E-state index contributed by atoms with van der Waals surface area (Å²) in [5.74, 6) is -2.29. The van der Waals surface area contributed by atoms with Gasteiger partial charge in [-0.15, -0.1) is 0 Å². The second kappa shape index (κ2) is 2.53. The van der Waals surface area contributed by atoms with Crippen molar-refractivity contribution >= 4 is 17.8 Å². The monoisotopic (exact) mass is 155 g/mol. The lowest BCUT2D eigenvalue weighted by atomic mass is 10.2. The van der Waals surface area contributed by atoms with Gasteiger partial charge in [0.1, 0.15) is 0 Å². The van der Waals surface area contributed by atoms with Crippen molar-refractivity contribution in [3.63, 3.8) is 0 Å². The van der Waals surface area contributed by atoms with Gasteiger partial charge in [-0.25, -0.2) is 4.79 Å². The molecule has 0 unspecified atom stereocenters. The van der Waals surface area contributed by atoms with Crippen LogP contribution in [0.1, 0.15) is 6.42 Å². The highest BCUT2D eigenvalue weighted by Crippen LogP contribution is 2.07. The minimum Gasteiger partial charge on any atom is -0.478 e. The Morgan fingerprint density at radius 3 is 2.55 bits per heavy atom. The summed E-state index contributed by atoms with van der Waals surface area (Å²) in [5, 5.41) is 10.2. The fourth-order valence-corrected chi connectivity index (χ4v) is 0.770. The Labute approximate surface area is 61.7 Å². The normalized spacial score (nSPS) is 20.5. The van der Waals surface area contributed by atoms with Gasteiger partial charge in [-0.2, -0.15) is 0 Å². The maximum Gasteiger partial charge on any atom is 0.328 e. The second-order valence-corrected chi connectivity index (χ2v) is 2.06. The summed E-state index contributed by atoms with van der Waals surface area (Å²) >= 11 is 0. The molecule has 1 rings (SSSR count). The fraction of sp³-hybridized carbons (Fsp3) is 0.167. The number of aliphatic carboxylic acids is 1. The lowest BCUT2D eigenvalue weighted by Crippen LogP contribution is -2.19. The third-order valence-corrected chi connectivity index (χ3v) is 1.19. The Morgan fingerprint density at radius 2 is 2.18 bits per heavy atom. The molecule has 1 fully saturated rings. The molecule has 0 radical (unpaired) electrons. The van der Waals surface area contributed by atoms with Crippen molar-refractivity contribution in [3.8, 4) is 0 Å². The molecule has 1 aliphatic heterocycles. The number of hydrogen-bond donors (Lipinski definition) is 2. The topological polar surface area (TPSA) is 83.5 Å². The van der Waals surface area contributed by atoms with Crippen LogP contribution in [0.2, 0.25) is 0 Å². The molecule has 58 valence electrons. The summed E-state index contributed by atoms with van der Waals surface area (Å²) in [5.41, 5.74) is 0.00231. The number of amides is 2. The van der Waals surface area contributed by atoms with Gasteiger partial charge in [0.15, 0.2) is 0 Å². The Bertz CT molecular complexity index is 266. The maximum absolute atomic E-state index is 10.7. The smallest absolute Gasteiger partial charge is 0.328 e. The summed E-state index contributed by atoms with van der Waals surface area (Å²) in [7, 11) is 0. The highest BCUT2D eigenvalue weighted by Gasteiger charge is 2.24. The van der Waals surface area contributed by atoms with E-state index in [1.807, 2.05) is 5.32 Å². The van der Waals surface area contributed by atoms with Crippen LogP contribution in [0.4, 0.5) is 0 Å². The molecular weight excluding hydrogens is 150 g/mol. The van der Waals surface area contributed by atoms with Gasteiger partial charge in [-0.05, 0) is 0 Å². The van der Waals surface area contributed by atoms with E-state index in [9.17, 15) is 14.4 Å². The minimum atomic E-state index is -1.22. The quantitative estimate of drug-likeness (QED) is 0.377. The molecule has 5 heteroatoms. The van der Waals surface area contributed by atoms with Crippen LogP contribution in [0, 0.1) is 0 Å². The van der Waals surface area contributed by atoms with Crippen LogP contribution in [0.3, 0.4) is 0 Å². The van der Waals surface area contributed by atoms with E-state index in [2.05, 4.69) is 0 Å². The molecule has 5 nitrogen and oxygen atoms in total. The number of rotatable bonds is 1. The van der Waals surface area contributed by atoms with Crippen LogP contribution in [0.15, 0.2) is 11.6 Å². The summed E-state index contributed by atoms with van der Waals surface area (Å²) in [6.45, 7) is 0. The third kappa shape index (κ3) is 1.64. The molecule has 0 bridgehead atoms. The average molecular weight is 155 g/mol. The van der Waals surface area contributed by atoms with Crippen molar-refractivity contribution in [2.75, 3.05) is 0 Å². The van der Waals surface area contributed by atoms with Crippen molar-refractivity contribution in [1.29, 1.82) is 0 Å². The molecule has 1 aliphatic rings. The van der Waals surface area contributed by atoms with Gasteiger partial charge >= 0.3 is 5.97 Å². The highest BCUT2D eigenvalue weighted by atomic mass is 16.4. The third-order valence-electron chi connectivity index (χ3n) is 1.19. The van der Waals surface area contributed by atoms with Gasteiger partial charge in [0.25, 0.3) is 5.91 Å². The molecule has 0 aromatic carbocycles. The maximum atomic E-state index is 10.7. The van der Waals surface area contributed by atoms with E-state index in [0.29, 0.717) is 0 Å². The van der Waals surface area contributed by atoms with Crippen LogP contribution < -0.4 is 5.32 Å². The lowest BCUT2D eigenvalue weighted by molar-refractivity contribution is -0.132. The second-order valence-electron chi connectivity index (χ2n) is 2.06. The summed E-state index contributed by atoms with van der Waals surface area (Å²) in [4.78, 5) is 31.2. The molecule has 0 saturated carbocycles. The Morgan fingerprint density at radius 1 is 1.55 bits per heavy atom. The molecule has 2 N–H and O–H groups in total. The Hall–Kier alpha value is -1.65. The van der Waals surface area contributed by atoms with Crippen LogP contribution >= 0.6 is 0 Å². The van der Waals surface area contributed by atoms with E-state index < -0.39 is 17.8 Å². The van der Waals surface area contributed by atoms with Crippen molar-refractivity contribution in [1.82, 2.24) is 5.32 Å². The van der Waals surface area contributed by atoms with E-state index in [-0.39, 0.29) is 12.0 Å². The van der Waals surface area contributed by atoms with Crippen molar-refractivity contribution in [3.05, 3.63) is 11.6 Å². The fourth-order valence-electron chi connectivity index (χ4n) is 0.770. The molecule has 11 heavy (non-hydrogen) atoms. The first-order chi connectivity index (χ1) is 5.09. The number of nitrogens with one attached hydrogen (secondary N) is 1. The van der Waals surface area contributed by atoms with Gasteiger partial charge < -0.3 is 5.11 Å². The van der Waals surface area contributed by atoms with Gasteiger partial charge in [0.2, 0.25) is 5.91 Å². The molecule has 0 spiro atoms. The number of carboxylic acids is 1. The van der Waals surface area contributed by atoms with Gasteiger partial charge in [-0.1, -0.05) is 0 Å². The zero-order valence-corrected chi connectivity index (χ0v) is 5.46. The Balaban J connectivity index is 2.83. The number of hydrogen-bond acceptors (Lipinski definition) is 3. The molecule has 0 aromatic heterocycles. The first-order valence-electron chi connectivity index (χ1n) is 2.87. The van der Waals surface area contributed by atoms with Crippen molar-refractivity contribution in [2.24, 2.45) is 0 Å². The van der Waals surface area contributed by atoms with Gasteiger partial charge in [0.05, 0.1) is 6.42 Å². The molecule has 1 saturated heterocycles. The number of imide groups is 1. The highest BCUT2D eigenvalue weighted by molar-refractivity contribution is 6.15. The first-order valence-corrected chi connectivity index (χ1v) is 2.87. The largest absolute Gasteiger partial charge is 0.478 e. The van der Waals surface area contributed by atoms with Crippen LogP contribution in [0.5, 0.6) is 0 Å². The first kappa shape index (κ1) is 7.46. The molecule has 1 heterocycles.